The molecule has 0 unspecified atom stereocenters. The zero-order valence-corrected chi connectivity index (χ0v) is 20.0. The Bertz CT molecular complexity index is 1410. The molecular weight excluding hydrogens is 450 g/mol. The maximum absolute atomic E-state index is 13.5. The van der Waals surface area contributed by atoms with Gasteiger partial charge in [-0.15, -0.1) is 0 Å². The summed E-state index contributed by atoms with van der Waals surface area (Å²) in [4.78, 5) is 26.9. The number of rotatable bonds is 5. The second-order valence-electron chi connectivity index (χ2n) is 8.50. The first-order chi connectivity index (χ1) is 16.5. The van der Waals surface area contributed by atoms with Gasteiger partial charge in [-0.2, -0.15) is 4.98 Å². The second kappa shape index (κ2) is 9.52. The van der Waals surface area contributed by atoms with Crippen LogP contribution < -0.4 is 10.9 Å². The third-order valence-electron chi connectivity index (χ3n) is 6.31. The Morgan fingerprint density at radius 3 is 2.68 bits per heavy atom. The normalized spacial score (nSPS) is 14.4. The van der Waals surface area contributed by atoms with Gasteiger partial charge in [-0.1, -0.05) is 23.7 Å². The molecule has 0 atom stereocenters. The van der Waals surface area contributed by atoms with Gasteiger partial charge in [0.2, 0.25) is 5.95 Å². The zero-order chi connectivity index (χ0) is 23.7. The van der Waals surface area contributed by atoms with Crippen LogP contribution in [0.25, 0.3) is 33.3 Å². The highest BCUT2D eigenvalue weighted by Crippen LogP contribution is 2.33. The maximum atomic E-state index is 13.5. The van der Waals surface area contributed by atoms with Crippen LogP contribution in [0.3, 0.4) is 0 Å². The van der Waals surface area contributed by atoms with E-state index in [4.69, 9.17) is 16.3 Å². The van der Waals surface area contributed by atoms with Crippen molar-refractivity contribution >= 4 is 28.6 Å². The number of hydrogen-bond donors (Lipinski definition) is 1. The van der Waals surface area contributed by atoms with E-state index in [0.29, 0.717) is 34.3 Å². The molecule has 1 N–H and O–H groups in total. The smallest absolute Gasteiger partial charge is 0.260 e. The fourth-order valence-corrected chi connectivity index (χ4v) is 4.69. The van der Waals surface area contributed by atoms with Gasteiger partial charge in [0.15, 0.2) is 0 Å². The molecule has 0 spiro atoms. The van der Waals surface area contributed by atoms with Crippen molar-refractivity contribution in [2.24, 2.45) is 0 Å². The highest BCUT2D eigenvalue weighted by Gasteiger charge is 2.18. The molecule has 0 aliphatic carbocycles. The predicted molar refractivity (Wildman–Crippen MR) is 135 cm³/mol. The first-order valence-electron chi connectivity index (χ1n) is 11.5. The van der Waals surface area contributed by atoms with E-state index in [0.717, 1.165) is 48.1 Å². The molecule has 5 rings (SSSR count). The lowest BCUT2D eigenvalue weighted by molar-refractivity contribution is 0.0903. The molecule has 0 radical (unpaired) electrons. The van der Waals surface area contributed by atoms with Gasteiger partial charge in [0.1, 0.15) is 5.65 Å². The quantitative estimate of drug-likeness (QED) is 0.432. The third kappa shape index (κ3) is 4.29. The molecule has 7 nitrogen and oxygen atoms in total. The molecule has 1 fully saturated rings. The van der Waals surface area contributed by atoms with Crippen LogP contribution in [0.4, 0.5) is 5.95 Å². The first-order valence-corrected chi connectivity index (χ1v) is 11.9. The minimum atomic E-state index is -0.127. The molecule has 1 aliphatic heterocycles. The summed E-state index contributed by atoms with van der Waals surface area (Å²) in [7, 11) is 0. The van der Waals surface area contributed by atoms with Crippen LogP contribution in [0.15, 0.2) is 53.7 Å². The lowest BCUT2D eigenvalue weighted by Crippen LogP contribution is -2.29. The van der Waals surface area contributed by atoms with E-state index in [-0.39, 0.29) is 11.6 Å². The Kier molecular flexibility index (Phi) is 6.30. The van der Waals surface area contributed by atoms with Gasteiger partial charge in [0.05, 0.1) is 0 Å². The summed E-state index contributed by atoms with van der Waals surface area (Å²) >= 11 is 6.70. The number of anilines is 1. The van der Waals surface area contributed by atoms with E-state index in [9.17, 15) is 4.79 Å². The van der Waals surface area contributed by atoms with Gasteiger partial charge in [0, 0.05) is 71.5 Å². The van der Waals surface area contributed by atoms with E-state index in [1.54, 1.807) is 17.0 Å². The number of fused-ring (bicyclic) bond motifs is 1. The number of benzene rings is 1. The monoisotopic (exact) mass is 475 g/mol. The second-order valence-corrected chi connectivity index (χ2v) is 8.90. The first kappa shape index (κ1) is 22.5. The fraction of sp³-hybridized carbons (Fsp3) is 0.308. The van der Waals surface area contributed by atoms with E-state index >= 15 is 0 Å². The lowest BCUT2D eigenvalue weighted by Gasteiger charge is -2.23. The van der Waals surface area contributed by atoms with Crippen LogP contribution in [0, 0.1) is 6.92 Å². The Labute approximate surface area is 202 Å². The van der Waals surface area contributed by atoms with E-state index in [1.807, 2.05) is 50.4 Å². The van der Waals surface area contributed by atoms with Gasteiger partial charge in [-0.05, 0) is 56.0 Å². The summed E-state index contributed by atoms with van der Waals surface area (Å²) in [6, 6.07) is 9.83. The molecule has 4 heterocycles. The molecule has 8 heteroatoms. The van der Waals surface area contributed by atoms with Crippen LogP contribution in [-0.2, 0) is 11.3 Å². The van der Waals surface area contributed by atoms with Crippen molar-refractivity contribution in [1.29, 1.82) is 0 Å². The standard InChI is InChI=1S/C26H26ClN5O2/c1-3-32-24-18(14-29-26(31-24)30-19-7-10-34-11-8-19)12-21(25(32)33)20-5-4-17(13-23(20)27)22-15-28-9-6-16(22)2/h4-6,9,12-15,19H,3,7-8,10-11H2,1-2H3,(H,29,30,31). The number of aryl methyl sites for hydroxylation is 2. The number of aromatic nitrogens is 4. The molecule has 0 amide bonds. The molecule has 1 aromatic carbocycles. The SMILES string of the molecule is CCn1c(=O)c(-c2ccc(-c3cnccc3C)cc2Cl)cc2cnc(NC3CCOCC3)nc21. The lowest BCUT2D eigenvalue weighted by atomic mass is 9.99. The Hall–Kier alpha value is -3.29. The largest absolute Gasteiger partial charge is 0.381 e. The van der Waals surface area contributed by atoms with E-state index in [1.165, 1.54) is 0 Å². The fourth-order valence-electron chi connectivity index (χ4n) is 4.41. The van der Waals surface area contributed by atoms with Crippen molar-refractivity contribution < 1.29 is 4.74 Å². The maximum Gasteiger partial charge on any atom is 0.260 e. The van der Waals surface area contributed by atoms with E-state index < -0.39 is 0 Å². The Balaban J connectivity index is 1.55. The van der Waals surface area contributed by atoms with Crippen LogP contribution in [-0.4, -0.2) is 38.8 Å². The third-order valence-corrected chi connectivity index (χ3v) is 6.62. The molecule has 34 heavy (non-hydrogen) atoms. The van der Waals surface area contributed by atoms with Crippen molar-refractivity contribution in [3.05, 3.63) is 69.9 Å². The molecule has 0 saturated carbocycles. The number of halogens is 1. The molecule has 1 aliphatic rings. The molecule has 4 aromatic rings. The average molecular weight is 476 g/mol. The number of ether oxygens (including phenoxy) is 1. The molecular formula is C26H26ClN5O2. The Morgan fingerprint density at radius 1 is 1.12 bits per heavy atom. The van der Waals surface area contributed by atoms with Crippen LogP contribution in [0.5, 0.6) is 0 Å². The van der Waals surface area contributed by atoms with Crippen molar-refractivity contribution in [2.75, 3.05) is 18.5 Å². The van der Waals surface area contributed by atoms with E-state index in [2.05, 4.69) is 20.3 Å². The van der Waals surface area contributed by atoms with Crippen LogP contribution in [0.2, 0.25) is 5.02 Å². The molecule has 3 aromatic heterocycles. The number of nitrogens with one attached hydrogen (secondary N) is 1. The summed E-state index contributed by atoms with van der Waals surface area (Å²) in [5.74, 6) is 0.531. The van der Waals surface area contributed by atoms with Crippen molar-refractivity contribution in [1.82, 2.24) is 19.5 Å². The number of hydrogen-bond acceptors (Lipinski definition) is 6. The minimum Gasteiger partial charge on any atom is -0.381 e. The van der Waals surface area contributed by atoms with Crippen LogP contribution in [0.1, 0.15) is 25.3 Å². The number of nitrogens with zero attached hydrogens (tertiary/aromatic N) is 4. The van der Waals surface area contributed by atoms with Crippen molar-refractivity contribution in [3.8, 4) is 22.3 Å². The summed E-state index contributed by atoms with van der Waals surface area (Å²) in [5.41, 5.74) is 4.78. The molecule has 174 valence electrons. The van der Waals surface area contributed by atoms with Gasteiger partial charge in [-0.25, -0.2) is 4.98 Å². The Morgan fingerprint density at radius 2 is 1.94 bits per heavy atom. The van der Waals surface area contributed by atoms with Gasteiger partial charge >= 0.3 is 0 Å². The van der Waals surface area contributed by atoms with Gasteiger partial charge in [0.25, 0.3) is 5.56 Å². The van der Waals surface area contributed by atoms with Crippen molar-refractivity contribution in [3.63, 3.8) is 0 Å². The zero-order valence-electron chi connectivity index (χ0n) is 19.2. The predicted octanol–water partition coefficient (Wildman–Crippen LogP) is 5.09. The molecule has 0 bridgehead atoms. The summed E-state index contributed by atoms with van der Waals surface area (Å²) in [6.07, 6.45) is 7.18. The summed E-state index contributed by atoms with van der Waals surface area (Å²) in [6.45, 7) is 5.92. The highest BCUT2D eigenvalue weighted by atomic mass is 35.5. The molecule has 1 saturated heterocycles. The van der Waals surface area contributed by atoms with Crippen LogP contribution >= 0.6 is 11.6 Å². The number of pyridine rings is 2. The topological polar surface area (TPSA) is 81.9 Å². The highest BCUT2D eigenvalue weighted by molar-refractivity contribution is 6.33. The van der Waals surface area contributed by atoms with Crippen molar-refractivity contribution in [2.45, 2.75) is 39.3 Å². The average Bonchev–Trinajstić information content (AvgIpc) is 2.85. The minimum absolute atomic E-state index is 0.127. The van der Waals surface area contributed by atoms with Gasteiger partial charge < -0.3 is 10.1 Å². The summed E-state index contributed by atoms with van der Waals surface area (Å²) in [5, 5.41) is 4.68. The summed E-state index contributed by atoms with van der Waals surface area (Å²) < 4.78 is 7.10. The van der Waals surface area contributed by atoms with Gasteiger partial charge in [-0.3, -0.25) is 14.3 Å².